The summed E-state index contributed by atoms with van der Waals surface area (Å²) in [5.41, 5.74) is 0.596. The molecule has 3 heterocycles. The molecule has 23 heavy (non-hydrogen) atoms. The number of hydrogen-bond acceptors (Lipinski definition) is 5. The number of nitrogens with one attached hydrogen (secondary N) is 1. The van der Waals surface area contributed by atoms with Gasteiger partial charge in [-0.25, -0.2) is 0 Å². The highest BCUT2D eigenvalue weighted by atomic mass is 35.5. The number of carbonyl (C=O) groups excluding carboxylic acids is 2. The first kappa shape index (κ1) is 15.0. The molecule has 1 spiro atoms. The molecule has 1 aromatic carbocycles. The van der Waals surface area contributed by atoms with E-state index in [1.807, 2.05) is 6.07 Å². The summed E-state index contributed by atoms with van der Waals surface area (Å²) in [5.74, 6) is -0.805. The fourth-order valence-corrected chi connectivity index (χ4v) is 3.77. The lowest BCUT2D eigenvalue weighted by Crippen LogP contribution is -2.51. The Morgan fingerprint density at radius 1 is 1.17 bits per heavy atom. The molecule has 2 fully saturated rings. The fourth-order valence-electron chi connectivity index (χ4n) is 3.47. The second-order valence-corrected chi connectivity index (χ2v) is 6.79. The Labute approximate surface area is 142 Å². The zero-order valence-corrected chi connectivity index (χ0v) is 13.5. The van der Waals surface area contributed by atoms with Crippen LogP contribution >= 0.6 is 23.2 Å². The summed E-state index contributed by atoms with van der Waals surface area (Å²) < 4.78 is 11.1. The van der Waals surface area contributed by atoms with Crippen molar-refractivity contribution in [2.45, 2.75) is 37.5 Å². The summed E-state index contributed by atoms with van der Waals surface area (Å²) in [4.78, 5) is 23.7. The number of ether oxygens (including phenoxy) is 2. The summed E-state index contributed by atoms with van der Waals surface area (Å²) in [7, 11) is 0. The Hall–Kier alpha value is -1.56. The third kappa shape index (κ3) is 2.43. The lowest BCUT2D eigenvalue weighted by molar-refractivity contribution is -0.157. The molecular formula is C16H13Cl2NO4. The summed E-state index contributed by atoms with van der Waals surface area (Å²) in [6, 6.07) is 5.43. The van der Waals surface area contributed by atoms with E-state index in [-0.39, 0.29) is 12.5 Å². The molecule has 2 saturated heterocycles. The quantitative estimate of drug-likeness (QED) is 0.620. The predicted molar refractivity (Wildman–Crippen MR) is 83.7 cm³/mol. The van der Waals surface area contributed by atoms with E-state index >= 15 is 0 Å². The molecule has 1 aromatic rings. The second-order valence-electron chi connectivity index (χ2n) is 5.97. The van der Waals surface area contributed by atoms with Crippen LogP contribution in [-0.2, 0) is 19.1 Å². The Balaban J connectivity index is 1.89. The van der Waals surface area contributed by atoms with Crippen LogP contribution in [0.25, 0.3) is 5.57 Å². The lowest BCUT2D eigenvalue weighted by Gasteiger charge is -2.35. The van der Waals surface area contributed by atoms with Gasteiger partial charge in [-0.2, -0.15) is 0 Å². The van der Waals surface area contributed by atoms with Crippen LogP contribution in [-0.4, -0.2) is 23.7 Å². The van der Waals surface area contributed by atoms with Gasteiger partial charge in [0.05, 0.1) is 10.0 Å². The molecule has 3 aliphatic rings. The van der Waals surface area contributed by atoms with Gasteiger partial charge in [0.1, 0.15) is 6.42 Å². The van der Waals surface area contributed by atoms with Crippen LogP contribution in [0.3, 0.4) is 0 Å². The van der Waals surface area contributed by atoms with Crippen molar-refractivity contribution in [2.75, 3.05) is 0 Å². The molecule has 3 aliphatic heterocycles. The maximum atomic E-state index is 11.9. The van der Waals surface area contributed by atoms with Crippen molar-refractivity contribution in [1.82, 2.24) is 5.32 Å². The third-order valence-corrected chi connectivity index (χ3v) is 5.17. The Morgan fingerprint density at radius 3 is 2.78 bits per heavy atom. The Bertz CT molecular complexity index is 760. The van der Waals surface area contributed by atoms with Gasteiger partial charge in [-0.05, 0) is 30.5 Å². The number of rotatable bonds is 1. The van der Waals surface area contributed by atoms with E-state index in [4.69, 9.17) is 32.7 Å². The topological polar surface area (TPSA) is 64.6 Å². The van der Waals surface area contributed by atoms with Gasteiger partial charge in [0.2, 0.25) is 5.72 Å². The average molecular weight is 354 g/mol. The number of carbonyl (C=O) groups is 2. The van der Waals surface area contributed by atoms with E-state index in [2.05, 4.69) is 5.32 Å². The van der Waals surface area contributed by atoms with Crippen LogP contribution in [0.15, 0.2) is 24.0 Å². The molecule has 7 heteroatoms. The second kappa shape index (κ2) is 5.23. The lowest BCUT2D eigenvalue weighted by atomic mass is 9.93. The van der Waals surface area contributed by atoms with E-state index < -0.39 is 17.7 Å². The number of hydrogen-bond donors (Lipinski definition) is 1. The van der Waals surface area contributed by atoms with Crippen molar-refractivity contribution >= 4 is 40.7 Å². The molecule has 5 nitrogen and oxygen atoms in total. The van der Waals surface area contributed by atoms with Gasteiger partial charge in [0, 0.05) is 18.0 Å². The van der Waals surface area contributed by atoms with Gasteiger partial charge >= 0.3 is 11.9 Å². The van der Waals surface area contributed by atoms with E-state index in [1.54, 1.807) is 12.1 Å². The first-order valence-corrected chi connectivity index (χ1v) is 8.12. The number of halogens is 2. The molecule has 1 N–H and O–H groups in total. The van der Waals surface area contributed by atoms with Crippen molar-refractivity contribution in [3.8, 4) is 0 Å². The molecule has 0 amide bonds. The molecule has 4 rings (SSSR count). The Kier molecular flexibility index (Phi) is 3.41. The van der Waals surface area contributed by atoms with Gasteiger partial charge < -0.3 is 9.47 Å². The van der Waals surface area contributed by atoms with Crippen molar-refractivity contribution in [2.24, 2.45) is 0 Å². The van der Waals surface area contributed by atoms with Crippen LogP contribution in [0, 0.1) is 0 Å². The predicted octanol–water partition coefficient (Wildman–Crippen LogP) is 3.05. The standard InChI is InChI=1S/C16H13Cl2NO4/c17-11-2-1-8(5-12(11)18)10-6-9-3-4-16(19-9)15(10)22-13(20)7-14(21)23-16/h1-2,5,9,19H,3-4,6-7H2. The summed E-state index contributed by atoms with van der Waals surface area (Å²) in [6.45, 7) is 0. The smallest absolute Gasteiger partial charge is 0.322 e. The molecule has 2 bridgehead atoms. The van der Waals surface area contributed by atoms with Crippen LogP contribution in [0.4, 0.5) is 0 Å². The van der Waals surface area contributed by atoms with E-state index in [0.29, 0.717) is 28.6 Å². The maximum Gasteiger partial charge on any atom is 0.322 e. The van der Waals surface area contributed by atoms with Crippen LogP contribution in [0.1, 0.15) is 31.2 Å². The van der Waals surface area contributed by atoms with E-state index in [0.717, 1.165) is 17.6 Å². The SMILES string of the molecule is O=C1CC(=O)OC23CCC(CC(c4ccc(Cl)c(Cl)c4)=C2O1)N3. The molecule has 0 aliphatic carbocycles. The molecule has 0 saturated carbocycles. The van der Waals surface area contributed by atoms with Crippen molar-refractivity contribution in [3.63, 3.8) is 0 Å². The van der Waals surface area contributed by atoms with Crippen LogP contribution in [0.2, 0.25) is 10.0 Å². The number of benzene rings is 1. The minimum Gasteiger partial charge on any atom is -0.436 e. The van der Waals surface area contributed by atoms with Gasteiger partial charge in [-0.15, -0.1) is 0 Å². The highest BCUT2D eigenvalue weighted by Gasteiger charge is 2.53. The minimum atomic E-state index is -1.05. The molecule has 120 valence electrons. The highest BCUT2D eigenvalue weighted by molar-refractivity contribution is 6.42. The molecule has 2 atom stereocenters. The van der Waals surface area contributed by atoms with Crippen molar-refractivity contribution < 1.29 is 19.1 Å². The van der Waals surface area contributed by atoms with Gasteiger partial charge in [-0.1, -0.05) is 29.3 Å². The zero-order valence-electron chi connectivity index (χ0n) is 12.0. The molecule has 0 aromatic heterocycles. The summed E-state index contributed by atoms with van der Waals surface area (Å²) in [6.07, 6.45) is 1.70. The summed E-state index contributed by atoms with van der Waals surface area (Å²) >= 11 is 12.1. The van der Waals surface area contributed by atoms with E-state index in [9.17, 15) is 9.59 Å². The maximum absolute atomic E-state index is 11.9. The highest BCUT2D eigenvalue weighted by Crippen LogP contribution is 2.46. The molecular weight excluding hydrogens is 341 g/mol. The van der Waals surface area contributed by atoms with Gasteiger partial charge in [-0.3, -0.25) is 14.9 Å². The van der Waals surface area contributed by atoms with Gasteiger partial charge in [0.25, 0.3) is 0 Å². The Morgan fingerprint density at radius 2 is 2.00 bits per heavy atom. The number of esters is 2. The van der Waals surface area contributed by atoms with Crippen LogP contribution in [0.5, 0.6) is 0 Å². The van der Waals surface area contributed by atoms with Gasteiger partial charge in [0.15, 0.2) is 5.76 Å². The monoisotopic (exact) mass is 353 g/mol. The normalized spacial score (nSPS) is 29.7. The molecule has 2 unspecified atom stereocenters. The number of fused-ring (bicyclic) bond motifs is 1. The first-order chi connectivity index (χ1) is 11.0. The summed E-state index contributed by atoms with van der Waals surface area (Å²) in [5, 5.41) is 4.17. The average Bonchev–Trinajstić information content (AvgIpc) is 2.76. The largest absolute Gasteiger partial charge is 0.436 e. The minimum absolute atomic E-state index is 0.160. The fraction of sp³-hybridized carbons (Fsp3) is 0.375. The third-order valence-electron chi connectivity index (χ3n) is 4.43. The van der Waals surface area contributed by atoms with Crippen molar-refractivity contribution in [1.29, 1.82) is 0 Å². The van der Waals surface area contributed by atoms with E-state index in [1.165, 1.54) is 0 Å². The molecule has 0 radical (unpaired) electrons. The van der Waals surface area contributed by atoms with Crippen LogP contribution < -0.4 is 5.32 Å². The van der Waals surface area contributed by atoms with Crippen molar-refractivity contribution in [3.05, 3.63) is 39.6 Å². The zero-order chi connectivity index (χ0) is 16.2. The first-order valence-electron chi connectivity index (χ1n) is 7.36.